The standard InChI is InChI=1S/C18H13N3OS2/c22-16(21-18-20-14-8-4-5-9-15(14)24-18)10-13-11-23-17(19-13)12-6-2-1-3-7-12/h1-9,11H,10H2,(H,20,21,22). The van der Waals surface area contributed by atoms with Gasteiger partial charge in [0.05, 0.1) is 22.3 Å². The van der Waals surface area contributed by atoms with Crippen molar-refractivity contribution in [2.24, 2.45) is 0 Å². The summed E-state index contributed by atoms with van der Waals surface area (Å²) in [5.74, 6) is -0.0982. The van der Waals surface area contributed by atoms with Gasteiger partial charge in [-0.3, -0.25) is 4.79 Å². The van der Waals surface area contributed by atoms with Gasteiger partial charge in [-0.05, 0) is 12.1 Å². The smallest absolute Gasteiger partial charge is 0.232 e. The van der Waals surface area contributed by atoms with Gasteiger partial charge in [0.25, 0.3) is 0 Å². The quantitative estimate of drug-likeness (QED) is 0.584. The number of nitrogens with zero attached hydrogens (tertiary/aromatic N) is 2. The van der Waals surface area contributed by atoms with Crippen LogP contribution in [0.15, 0.2) is 60.0 Å². The fraction of sp³-hybridized carbons (Fsp3) is 0.0556. The highest BCUT2D eigenvalue weighted by Crippen LogP contribution is 2.26. The summed E-state index contributed by atoms with van der Waals surface area (Å²) in [5.41, 5.74) is 2.75. The topological polar surface area (TPSA) is 54.9 Å². The van der Waals surface area contributed by atoms with Gasteiger partial charge >= 0.3 is 0 Å². The summed E-state index contributed by atoms with van der Waals surface area (Å²) in [7, 11) is 0. The minimum atomic E-state index is -0.0982. The lowest BCUT2D eigenvalue weighted by Gasteiger charge is -1.99. The molecule has 0 saturated heterocycles. The van der Waals surface area contributed by atoms with Crippen LogP contribution >= 0.6 is 22.7 Å². The Morgan fingerprint density at radius 3 is 2.62 bits per heavy atom. The van der Waals surface area contributed by atoms with Crippen molar-refractivity contribution in [3.63, 3.8) is 0 Å². The monoisotopic (exact) mass is 351 g/mol. The molecule has 0 saturated carbocycles. The third-order valence-electron chi connectivity index (χ3n) is 3.45. The molecule has 1 amide bonds. The van der Waals surface area contributed by atoms with Crippen LogP contribution in [0.1, 0.15) is 5.69 Å². The van der Waals surface area contributed by atoms with E-state index in [0.29, 0.717) is 5.13 Å². The van der Waals surface area contributed by atoms with E-state index in [1.807, 2.05) is 60.0 Å². The van der Waals surface area contributed by atoms with Gasteiger partial charge in [-0.2, -0.15) is 0 Å². The number of hydrogen-bond donors (Lipinski definition) is 1. The van der Waals surface area contributed by atoms with E-state index >= 15 is 0 Å². The second kappa shape index (κ2) is 6.51. The Bertz CT molecular complexity index is 959. The molecule has 0 bridgehead atoms. The minimum Gasteiger partial charge on any atom is -0.302 e. The first-order chi connectivity index (χ1) is 11.8. The van der Waals surface area contributed by atoms with Gasteiger partial charge in [-0.1, -0.05) is 53.8 Å². The number of aromatic nitrogens is 2. The summed E-state index contributed by atoms with van der Waals surface area (Å²) in [4.78, 5) is 21.2. The average molecular weight is 351 g/mol. The predicted octanol–water partition coefficient (Wildman–Crippen LogP) is 4.60. The first-order valence-electron chi connectivity index (χ1n) is 7.43. The molecule has 118 valence electrons. The van der Waals surface area contributed by atoms with Gasteiger partial charge in [-0.25, -0.2) is 9.97 Å². The molecule has 0 spiro atoms. The summed E-state index contributed by atoms with van der Waals surface area (Å²) in [6.45, 7) is 0. The molecule has 2 aromatic carbocycles. The number of thiazole rings is 2. The number of carbonyl (C=O) groups excluding carboxylic acids is 1. The molecule has 4 aromatic rings. The number of para-hydroxylation sites is 1. The Kier molecular flexibility index (Phi) is 4.06. The molecule has 0 radical (unpaired) electrons. The lowest BCUT2D eigenvalue weighted by molar-refractivity contribution is -0.115. The van der Waals surface area contributed by atoms with Crippen LogP contribution in [0.3, 0.4) is 0 Å². The van der Waals surface area contributed by atoms with E-state index in [-0.39, 0.29) is 12.3 Å². The summed E-state index contributed by atoms with van der Waals surface area (Å²) in [6.07, 6.45) is 0.249. The van der Waals surface area contributed by atoms with Gasteiger partial charge in [0.15, 0.2) is 5.13 Å². The normalized spacial score (nSPS) is 10.8. The van der Waals surface area contributed by atoms with Crippen LogP contribution in [0.5, 0.6) is 0 Å². The largest absolute Gasteiger partial charge is 0.302 e. The Morgan fingerprint density at radius 1 is 1.00 bits per heavy atom. The van der Waals surface area contributed by atoms with Gasteiger partial charge in [0.2, 0.25) is 5.91 Å². The zero-order chi connectivity index (χ0) is 16.4. The number of rotatable bonds is 4. The van der Waals surface area contributed by atoms with Crippen molar-refractivity contribution in [1.29, 1.82) is 0 Å². The van der Waals surface area contributed by atoms with Crippen LogP contribution in [-0.2, 0) is 11.2 Å². The van der Waals surface area contributed by atoms with E-state index in [4.69, 9.17) is 0 Å². The summed E-state index contributed by atoms with van der Waals surface area (Å²) >= 11 is 3.03. The van der Waals surface area contributed by atoms with Crippen molar-refractivity contribution in [2.75, 3.05) is 5.32 Å². The van der Waals surface area contributed by atoms with Crippen LogP contribution < -0.4 is 5.32 Å². The average Bonchev–Trinajstić information content (AvgIpc) is 3.21. The van der Waals surface area contributed by atoms with Crippen LogP contribution in [0.2, 0.25) is 0 Å². The summed E-state index contributed by atoms with van der Waals surface area (Å²) in [6, 6.07) is 17.8. The van der Waals surface area contributed by atoms with E-state index in [2.05, 4.69) is 15.3 Å². The molecule has 2 heterocycles. The molecule has 0 aliphatic carbocycles. The number of anilines is 1. The fourth-order valence-corrected chi connectivity index (χ4v) is 4.06. The molecule has 1 N–H and O–H groups in total. The molecule has 2 aromatic heterocycles. The summed E-state index contributed by atoms with van der Waals surface area (Å²) in [5, 5.41) is 6.35. The molecule has 0 atom stereocenters. The zero-order valence-electron chi connectivity index (χ0n) is 12.6. The third kappa shape index (κ3) is 3.20. The first kappa shape index (κ1) is 15.0. The van der Waals surface area contributed by atoms with E-state index in [1.165, 1.54) is 11.3 Å². The molecule has 6 heteroatoms. The molecule has 24 heavy (non-hydrogen) atoms. The van der Waals surface area contributed by atoms with Crippen molar-refractivity contribution >= 4 is 43.9 Å². The highest BCUT2D eigenvalue weighted by molar-refractivity contribution is 7.22. The lowest BCUT2D eigenvalue weighted by atomic mass is 10.2. The highest BCUT2D eigenvalue weighted by atomic mass is 32.1. The molecule has 0 aliphatic heterocycles. The number of nitrogens with one attached hydrogen (secondary N) is 1. The van der Waals surface area contributed by atoms with Gasteiger partial charge in [0.1, 0.15) is 5.01 Å². The third-order valence-corrected chi connectivity index (χ3v) is 5.35. The van der Waals surface area contributed by atoms with Crippen LogP contribution in [0, 0.1) is 0 Å². The predicted molar refractivity (Wildman–Crippen MR) is 99.5 cm³/mol. The number of benzene rings is 2. The van der Waals surface area contributed by atoms with Crippen molar-refractivity contribution in [2.45, 2.75) is 6.42 Å². The van der Waals surface area contributed by atoms with Crippen molar-refractivity contribution in [3.8, 4) is 10.6 Å². The maximum atomic E-state index is 12.2. The Labute approximate surface area is 146 Å². The minimum absolute atomic E-state index is 0.0982. The van der Waals surface area contributed by atoms with Crippen LogP contribution in [-0.4, -0.2) is 15.9 Å². The number of fused-ring (bicyclic) bond motifs is 1. The first-order valence-corrected chi connectivity index (χ1v) is 9.13. The fourth-order valence-electron chi connectivity index (χ4n) is 2.36. The second-order valence-electron chi connectivity index (χ2n) is 5.22. The summed E-state index contributed by atoms with van der Waals surface area (Å²) < 4.78 is 1.06. The number of carbonyl (C=O) groups is 1. The van der Waals surface area contributed by atoms with Crippen molar-refractivity contribution in [3.05, 3.63) is 65.7 Å². The number of amides is 1. The van der Waals surface area contributed by atoms with Gasteiger partial charge in [0, 0.05) is 10.9 Å². The number of hydrogen-bond acceptors (Lipinski definition) is 5. The zero-order valence-corrected chi connectivity index (χ0v) is 14.2. The lowest BCUT2D eigenvalue weighted by Crippen LogP contribution is -2.14. The van der Waals surface area contributed by atoms with Crippen molar-refractivity contribution in [1.82, 2.24) is 9.97 Å². The maximum absolute atomic E-state index is 12.2. The van der Waals surface area contributed by atoms with E-state index in [1.54, 1.807) is 11.3 Å². The Hall–Kier alpha value is -2.57. The van der Waals surface area contributed by atoms with E-state index in [9.17, 15) is 4.79 Å². The van der Waals surface area contributed by atoms with Crippen LogP contribution in [0.4, 0.5) is 5.13 Å². The SMILES string of the molecule is O=C(Cc1csc(-c2ccccc2)n1)Nc1nc2ccccc2s1. The van der Waals surface area contributed by atoms with Crippen LogP contribution in [0.25, 0.3) is 20.8 Å². The van der Waals surface area contributed by atoms with E-state index < -0.39 is 0 Å². The Morgan fingerprint density at radius 2 is 1.79 bits per heavy atom. The Balaban J connectivity index is 1.45. The van der Waals surface area contributed by atoms with Gasteiger partial charge < -0.3 is 5.32 Å². The second-order valence-corrected chi connectivity index (χ2v) is 7.11. The maximum Gasteiger partial charge on any atom is 0.232 e. The molecule has 0 aliphatic rings. The highest BCUT2D eigenvalue weighted by Gasteiger charge is 2.11. The molecule has 0 fully saturated rings. The molecule has 4 nitrogen and oxygen atoms in total. The van der Waals surface area contributed by atoms with Crippen molar-refractivity contribution < 1.29 is 4.79 Å². The van der Waals surface area contributed by atoms with E-state index in [0.717, 1.165) is 26.5 Å². The van der Waals surface area contributed by atoms with Gasteiger partial charge in [-0.15, -0.1) is 11.3 Å². The molecule has 0 unspecified atom stereocenters. The molecular formula is C18H13N3OS2. The molecular weight excluding hydrogens is 338 g/mol. The molecule has 4 rings (SSSR count).